The standard InChI is InChI=1S/C19H22BrFN2O4S/c20-15-2-1-3-18(12-15)27-14-17(24)13-22-8-10-23(11-9-22)28(25,26)19-6-4-16(21)5-7-19/h1-7,12,17,24H,8-11,13-14H2. The second-order valence-electron chi connectivity index (χ2n) is 6.58. The molecule has 1 unspecified atom stereocenters. The van der Waals surface area contributed by atoms with Crippen molar-refractivity contribution in [2.75, 3.05) is 39.3 Å². The van der Waals surface area contributed by atoms with E-state index in [1.807, 2.05) is 29.2 Å². The minimum absolute atomic E-state index is 0.0878. The van der Waals surface area contributed by atoms with Gasteiger partial charge in [0, 0.05) is 37.2 Å². The fourth-order valence-electron chi connectivity index (χ4n) is 3.01. The lowest BCUT2D eigenvalue weighted by Crippen LogP contribution is -2.50. The predicted octanol–water partition coefficient (Wildman–Crippen LogP) is 2.33. The molecule has 28 heavy (non-hydrogen) atoms. The van der Waals surface area contributed by atoms with E-state index < -0.39 is 21.9 Å². The fourth-order valence-corrected chi connectivity index (χ4v) is 4.81. The van der Waals surface area contributed by atoms with E-state index >= 15 is 0 Å². The van der Waals surface area contributed by atoms with Crippen molar-refractivity contribution in [3.05, 3.63) is 58.8 Å². The smallest absolute Gasteiger partial charge is 0.243 e. The molecule has 9 heteroatoms. The summed E-state index contributed by atoms with van der Waals surface area (Å²) in [6, 6.07) is 12.2. The number of ether oxygens (including phenoxy) is 1. The number of sulfonamides is 1. The molecule has 3 rings (SSSR count). The molecule has 0 aromatic heterocycles. The summed E-state index contributed by atoms with van der Waals surface area (Å²) in [5, 5.41) is 10.2. The van der Waals surface area contributed by atoms with Gasteiger partial charge >= 0.3 is 0 Å². The van der Waals surface area contributed by atoms with E-state index in [9.17, 15) is 17.9 Å². The van der Waals surface area contributed by atoms with Gasteiger partial charge in [-0.05, 0) is 42.5 Å². The third kappa shape index (κ3) is 5.51. The van der Waals surface area contributed by atoms with Crippen LogP contribution in [0.25, 0.3) is 0 Å². The number of nitrogens with zero attached hydrogens (tertiary/aromatic N) is 2. The highest BCUT2D eigenvalue weighted by atomic mass is 79.9. The van der Waals surface area contributed by atoms with E-state index in [2.05, 4.69) is 15.9 Å². The van der Waals surface area contributed by atoms with Crippen molar-refractivity contribution in [1.29, 1.82) is 0 Å². The van der Waals surface area contributed by atoms with E-state index in [0.29, 0.717) is 38.5 Å². The van der Waals surface area contributed by atoms with Crippen molar-refractivity contribution in [3.8, 4) is 5.75 Å². The molecule has 1 fully saturated rings. The molecule has 1 N–H and O–H groups in total. The number of rotatable bonds is 7. The summed E-state index contributed by atoms with van der Waals surface area (Å²) in [7, 11) is -3.63. The van der Waals surface area contributed by atoms with Crippen LogP contribution in [0.4, 0.5) is 4.39 Å². The van der Waals surface area contributed by atoms with Gasteiger partial charge in [0.05, 0.1) is 4.90 Å². The highest BCUT2D eigenvalue weighted by Gasteiger charge is 2.29. The van der Waals surface area contributed by atoms with Gasteiger partial charge in [-0.2, -0.15) is 4.31 Å². The van der Waals surface area contributed by atoms with Crippen molar-refractivity contribution < 1.29 is 22.7 Å². The Hall–Kier alpha value is -1.52. The van der Waals surface area contributed by atoms with Crippen molar-refractivity contribution in [3.63, 3.8) is 0 Å². The zero-order valence-corrected chi connectivity index (χ0v) is 17.6. The van der Waals surface area contributed by atoms with E-state index in [1.165, 1.54) is 16.4 Å². The average Bonchev–Trinajstić information content (AvgIpc) is 2.67. The Kier molecular flexibility index (Phi) is 7.05. The Morgan fingerprint density at radius 2 is 1.79 bits per heavy atom. The van der Waals surface area contributed by atoms with E-state index in [0.717, 1.165) is 16.6 Å². The van der Waals surface area contributed by atoms with E-state index in [4.69, 9.17) is 4.74 Å². The van der Waals surface area contributed by atoms with Crippen LogP contribution in [-0.2, 0) is 10.0 Å². The SMILES string of the molecule is O=S(=O)(c1ccc(F)cc1)N1CCN(CC(O)COc2cccc(Br)c2)CC1. The Morgan fingerprint density at radius 3 is 2.43 bits per heavy atom. The van der Waals surface area contributed by atoms with Crippen molar-refractivity contribution in [2.24, 2.45) is 0 Å². The number of halogens is 2. The third-order valence-electron chi connectivity index (χ3n) is 4.49. The summed E-state index contributed by atoms with van der Waals surface area (Å²) < 4.78 is 46.2. The molecule has 0 spiro atoms. The molecule has 0 amide bonds. The van der Waals surface area contributed by atoms with Gasteiger partial charge in [0.25, 0.3) is 0 Å². The summed E-state index contributed by atoms with van der Waals surface area (Å²) in [5.41, 5.74) is 0. The van der Waals surface area contributed by atoms with Crippen molar-refractivity contribution >= 4 is 26.0 Å². The highest BCUT2D eigenvalue weighted by molar-refractivity contribution is 9.10. The van der Waals surface area contributed by atoms with Crippen LogP contribution in [0.15, 0.2) is 57.9 Å². The minimum atomic E-state index is -3.63. The van der Waals surface area contributed by atoms with Gasteiger partial charge in [-0.3, -0.25) is 4.90 Å². The Labute approximate surface area is 172 Å². The normalized spacial score (nSPS) is 17.4. The van der Waals surface area contributed by atoms with E-state index in [1.54, 1.807) is 0 Å². The quantitative estimate of drug-likeness (QED) is 0.669. The lowest BCUT2D eigenvalue weighted by atomic mass is 10.3. The molecule has 152 valence electrons. The van der Waals surface area contributed by atoms with Crippen LogP contribution in [0.2, 0.25) is 0 Å². The Morgan fingerprint density at radius 1 is 1.11 bits per heavy atom. The zero-order valence-electron chi connectivity index (χ0n) is 15.2. The predicted molar refractivity (Wildman–Crippen MR) is 107 cm³/mol. The highest BCUT2D eigenvalue weighted by Crippen LogP contribution is 2.19. The zero-order chi connectivity index (χ0) is 20.1. The monoisotopic (exact) mass is 472 g/mol. The number of aliphatic hydroxyl groups is 1. The van der Waals surface area contributed by atoms with Crippen LogP contribution < -0.4 is 4.74 Å². The lowest BCUT2D eigenvalue weighted by Gasteiger charge is -2.34. The van der Waals surface area contributed by atoms with Crippen LogP contribution in [-0.4, -0.2) is 68.2 Å². The molecule has 0 radical (unpaired) electrons. The number of hydrogen-bond donors (Lipinski definition) is 1. The molecular weight excluding hydrogens is 451 g/mol. The maximum atomic E-state index is 13.0. The second-order valence-corrected chi connectivity index (χ2v) is 9.43. The van der Waals surface area contributed by atoms with Crippen LogP contribution in [0.3, 0.4) is 0 Å². The molecule has 2 aromatic carbocycles. The second kappa shape index (κ2) is 9.32. The Bertz CT molecular complexity index is 887. The molecule has 1 heterocycles. The van der Waals surface area contributed by atoms with Crippen molar-refractivity contribution in [2.45, 2.75) is 11.0 Å². The van der Waals surface area contributed by atoms with Gasteiger partial charge in [-0.25, -0.2) is 12.8 Å². The molecule has 2 aromatic rings. The van der Waals surface area contributed by atoms with Gasteiger partial charge in [-0.15, -0.1) is 0 Å². The number of β-amino-alcohol motifs (C(OH)–C–C–N with tert-alkyl or cyclic N) is 1. The van der Waals surface area contributed by atoms with Gasteiger partial charge < -0.3 is 9.84 Å². The summed E-state index contributed by atoms with van der Waals surface area (Å²) in [5.74, 6) is 0.200. The van der Waals surface area contributed by atoms with Gasteiger partial charge in [0.1, 0.15) is 24.3 Å². The van der Waals surface area contributed by atoms with E-state index in [-0.39, 0.29) is 11.5 Å². The molecular formula is C19H22BrFN2O4S. The number of benzene rings is 2. The summed E-state index contributed by atoms with van der Waals surface area (Å²) >= 11 is 3.37. The fraction of sp³-hybridized carbons (Fsp3) is 0.368. The maximum absolute atomic E-state index is 13.0. The van der Waals surface area contributed by atoms with Gasteiger partial charge in [-0.1, -0.05) is 22.0 Å². The Balaban J connectivity index is 1.47. The number of hydrogen-bond acceptors (Lipinski definition) is 5. The van der Waals surface area contributed by atoms with Crippen LogP contribution in [0, 0.1) is 5.82 Å². The molecule has 0 saturated carbocycles. The first-order chi connectivity index (χ1) is 13.3. The summed E-state index contributed by atoms with van der Waals surface area (Å²) in [6.07, 6.45) is -0.681. The number of aliphatic hydroxyl groups excluding tert-OH is 1. The van der Waals surface area contributed by atoms with Gasteiger partial charge in [0.2, 0.25) is 10.0 Å². The topological polar surface area (TPSA) is 70.1 Å². The molecule has 0 aliphatic carbocycles. The lowest BCUT2D eigenvalue weighted by molar-refractivity contribution is 0.0569. The van der Waals surface area contributed by atoms with Crippen molar-refractivity contribution in [1.82, 2.24) is 9.21 Å². The molecule has 1 atom stereocenters. The van der Waals surface area contributed by atoms with Crippen LogP contribution in [0.5, 0.6) is 5.75 Å². The molecule has 0 bridgehead atoms. The summed E-state index contributed by atoms with van der Waals surface area (Å²) in [6.45, 7) is 2.21. The van der Waals surface area contributed by atoms with Crippen LogP contribution in [0.1, 0.15) is 0 Å². The third-order valence-corrected chi connectivity index (χ3v) is 6.90. The number of piperazine rings is 1. The first-order valence-corrected chi connectivity index (χ1v) is 11.1. The van der Waals surface area contributed by atoms with Gasteiger partial charge in [0.15, 0.2) is 0 Å². The summed E-state index contributed by atoms with van der Waals surface area (Å²) in [4.78, 5) is 2.09. The average molecular weight is 473 g/mol. The first-order valence-electron chi connectivity index (χ1n) is 8.89. The van der Waals surface area contributed by atoms with Crippen LogP contribution >= 0.6 is 15.9 Å². The molecule has 1 aliphatic heterocycles. The molecule has 6 nitrogen and oxygen atoms in total. The minimum Gasteiger partial charge on any atom is -0.491 e. The molecule has 1 saturated heterocycles. The maximum Gasteiger partial charge on any atom is 0.243 e. The first kappa shape index (κ1) is 21.2. The largest absolute Gasteiger partial charge is 0.491 e. The molecule has 1 aliphatic rings.